The van der Waals surface area contributed by atoms with Crippen LogP contribution in [0.3, 0.4) is 0 Å². The molecule has 0 saturated carbocycles. The van der Waals surface area contributed by atoms with Crippen molar-refractivity contribution in [1.82, 2.24) is 4.90 Å². The minimum absolute atomic E-state index is 0.0167. The van der Waals surface area contributed by atoms with Gasteiger partial charge < -0.3 is 15.0 Å². The lowest BCUT2D eigenvalue weighted by atomic mass is 10.1. The third-order valence-corrected chi connectivity index (χ3v) is 3.16. The number of para-hydroxylation sites is 1. The number of halogens is 2. The van der Waals surface area contributed by atoms with Gasteiger partial charge in [0.25, 0.3) is 0 Å². The molecule has 1 heterocycles. The minimum Gasteiger partial charge on any atom is -0.444 e. The number of anilines is 1. The Morgan fingerprint density at radius 3 is 2.65 bits per heavy atom. The van der Waals surface area contributed by atoms with Crippen LogP contribution >= 0.6 is 11.6 Å². The summed E-state index contributed by atoms with van der Waals surface area (Å²) >= 11 is 5.93. The molecule has 0 unspecified atom stereocenters. The summed E-state index contributed by atoms with van der Waals surface area (Å²) in [7, 11) is 0. The van der Waals surface area contributed by atoms with E-state index in [4.69, 9.17) is 16.3 Å². The Bertz CT molecular complexity index is 490. The van der Waals surface area contributed by atoms with Crippen LogP contribution in [0.15, 0.2) is 18.2 Å². The number of nitrogens with zero attached hydrogens (tertiary/aromatic N) is 1. The minimum atomic E-state index is -0.509. The van der Waals surface area contributed by atoms with Crippen LogP contribution in [0.4, 0.5) is 14.9 Å². The second-order valence-electron chi connectivity index (χ2n) is 5.82. The highest BCUT2D eigenvalue weighted by Crippen LogP contribution is 2.27. The van der Waals surface area contributed by atoms with Crippen molar-refractivity contribution in [2.45, 2.75) is 32.4 Å². The molecule has 1 N–H and O–H groups in total. The topological polar surface area (TPSA) is 41.6 Å². The molecule has 6 heteroatoms. The van der Waals surface area contributed by atoms with E-state index < -0.39 is 11.4 Å². The van der Waals surface area contributed by atoms with E-state index in [9.17, 15) is 9.18 Å². The molecule has 2 rings (SSSR count). The molecule has 0 aromatic heterocycles. The summed E-state index contributed by atoms with van der Waals surface area (Å²) in [6.07, 6.45) is -0.352. The number of amides is 1. The number of hydrogen-bond donors (Lipinski definition) is 1. The largest absolute Gasteiger partial charge is 0.444 e. The number of benzene rings is 1. The van der Waals surface area contributed by atoms with E-state index in [2.05, 4.69) is 5.32 Å². The van der Waals surface area contributed by atoms with Gasteiger partial charge in [-0.05, 0) is 32.9 Å². The molecule has 1 aliphatic heterocycles. The fourth-order valence-electron chi connectivity index (χ4n) is 1.89. The Morgan fingerprint density at radius 1 is 1.45 bits per heavy atom. The SMILES string of the molecule is CC(C)(C)OC(=O)N1CC(Nc2c(F)cccc2Cl)C1. The van der Waals surface area contributed by atoms with E-state index in [1.54, 1.807) is 17.0 Å². The van der Waals surface area contributed by atoms with Crippen molar-refractivity contribution in [1.29, 1.82) is 0 Å². The third-order valence-electron chi connectivity index (χ3n) is 2.84. The van der Waals surface area contributed by atoms with Crippen LogP contribution < -0.4 is 5.32 Å². The van der Waals surface area contributed by atoms with E-state index in [0.29, 0.717) is 18.1 Å². The first-order valence-electron chi connectivity index (χ1n) is 6.45. The summed E-state index contributed by atoms with van der Waals surface area (Å²) in [4.78, 5) is 13.3. The summed E-state index contributed by atoms with van der Waals surface area (Å²) in [5.41, 5.74) is -0.229. The van der Waals surface area contributed by atoms with Gasteiger partial charge in [0.05, 0.1) is 16.8 Å². The van der Waals surface area contributed by atoms with Crippen LogP contribution in [-0.2, 0) is 4.74 Å². The van der Waals surface area contributed by atoms with Gasteiger partial charge in [-0.2, -0.15) is 0 Å². The lowest BCUT2D eigenvalue weighted by molar-refractivity contribution is 0.0105. The molecule has 20 heavy (non-hydrogen) atoms. The highest BCUT2D eigenvalue weighted by molar-refractivity contribution is 6.33. The molecule has 1 aliphatic rings. The number of rotatable bonds is 2. The molecule has 110 valence electrons. The molecular weight excluding hydrogens is 283 g/mol. The van der Waals surface area contributed by atoms with Gasteiger partial charge in [0.1, 0.15) is 11.4 Å². The molecule has 0 aliphatic carbocycles. The Morgan fingerprint density at radius 2 is 2.10 bits per heavy atom. The Balaban J connectivity index is 1.87. The van der Waals surface area contributed by atoms with Crippen LogP contribution in [0.1, 0.15) is 20.8 Å². The van der Waals surface area contributed by atoms with Gasteiger partial charge in [-0.3, -0.25) is 0 Å². The predicted molar refractivity (Wildman–Crippen MR) is 76.6 cm³/mol. The summed E-state index contributed by atoms with van der Waals surface area (Å²) in [5, 5.41) is 3.34. The van der Waals surface area contributed by atoms with E-state index >= 15 is 0 Å². The number of nitrogens with one attached hydrogen (secondary N) is 1. The van der Waals surface area contributed by atoms with Crippen LogP contribution in [-0.4, -0.2) is 35.7 Å². The van der Waals surface area contributed by atoms with Crippen LogP contribution in [0.25, 0.3) is 0 Å². The van der Waals surface area contributed by atoms with Crippen molar-refractivity contribution in [3.8, 4) is 0 Å². The zero-order chi connectivity index (χ0) is 14.9. The van der Waals surface area contributed by atoms with Crippen molar-refractivity contribution in [2.24, 2.45) is 0 Å². The second-order valence-corrected chi connectivity index (χ2v) is 6.23. The zero-order valence-electron chi connectivity index (χ0n) is 11.7. The lowest BCUT2D eigenvalue weighted by Crippen LogP contribution is -2.58. The van der Waals surface area contributed by atoms with Crippen LogP contribution in [0.5, 0.6) is 0 Å². The number of ether oxygens (including phenoxy) is 1. The first kappa shape index (κ1) is 14.9. The Labute approximate surface area is 122 Å². The summed E-state index contributed by atoms with van der Waals surface area (Å²) in [6, 6.07) is 4.50. The van der Waals surface area contributed by atoms with E-state index in [1.165, 1.54) is 6.07 Å². The van der Waals surface area contributed by atoms with E-state index in [0.717, 1.165) is 0 Å². The van der Waals surface area contributed by atoms with Crippen LogP contribution in [0, 0.1) is 5.82 Å². The average Bonchev–Trinajstić information content (AvgIpc) is 2.23. The summed E-state index contributed by atoms with van der Waals surface area (Å²) in [5.74, 6) is -0.395. The molecule has 1 amide bonds. The highest BCUT2D eigenvalue weighted by atomic mass is 35.5. The Hall–Kier alpha value is -1.49. The second kappa shape index (κ2) is 5.48. The first-order chi connectivity index (χ1) is 9.26. The zero-order valence-corrected chi connectivity index (χ0v) is 12.5. The molecule has 1 fully saturated rings. The quantitative estimate of drug-likeness (QED) is 0.909. The van der Waals surface area contributed by atoms with E-state index in [1.807, 2.05) is 20.8 Å². The first-order valence-corrected chi connectivity index (χ1v) is 6.82. The summed E-state index contributed by atoms with van der Waals surface area (Å²) in [6.45, 7) is 6.40. The fourth-order valence-corrected chi connectivity index (χ4v) is 2.10. The molecule has 0 atom stereocenters. The monoisotopic (exact) mass is 300 g/mol. The maximum Gasteiger partial charge on any atom is 0.410 e. The molecule has 4 nitrogen and oxygen atoms in total. The standard InChI is InChI=1S/C14H18ClFN2O2/c1-14(2,3)20-13(19)18-7-9(8-18)17-12-10(15)5-4-6-11(12)16/h4-6,9,17H,7-8H2,1-3H3. The number of likely N-dealkylation sites (tertiary alicyclic amines) is 1. The molecule has 0 spiro atoms. The van der Waals surface area contributed by atoms with Gasteiger partial charge in [0.15, 0.2) is 0 Å². The maximum atomic E-state index is 13.6. The molecule has 1 aromatic rings. The van der Waals surface area contributed by atoms with Crippen molar-refractivity contribution in [2.75, 3.05) is 18.4 Å². The molecule has 0 bridgehead atoms. The summed E-state index contributed by atoms with van der Waals surface area (Å²) < 4.78 is 18.8. The number of carbonyl (C=O) groups excluding carboxylic acids is 1. The predicted octanol–water partition coefficient (Wildman–Crippen LogP) is 3.51. The van der Waals surface area contributed by atoms with Gasteiger partial charge in [0, 0.05) is 13.1 Å². The van der Waals surface area contributed by atoms with Gasteiger partial charge in [-0.1, -0.05) is 17.7 Å². The van der Waals surface area contributed by atoms with Crippen LogP contribution in [0.2, 0.25) is 5.02 Å². The number of hydrogen-bond acceptors (Lipinski definition) is 3. The van der Waals surface area contributed by atoms with Crippen molar-refractivity contribution in [3.05, 3.63) is 29.0 Å². The molecule has 1 saturated heterocycles. The molecule has 0 radical (unpaired) electrons. The highest BCUT2D eigenvalue weighted by Gasteiger charge is 2.34. The molecular formula is C14H18ClFN2O2. The average molecular weight is 301 g/mol. The van der Waals surface area contributed by atoms with Gasteiger partial charge >= 0.3 is 6.09 Å². The van der Waals surface area contributed by atoms with Crippen molar-refractivity contribution >= 4 is 23.4 Å². The normalized spacial score (nSPS) is 15.8. The smallest absolute Gasteiger partial charge is 0.410 e. The fraction of sp³-hybridized carbons (Fsp3) is 0.500. The van der Waals surface area contributed by atoms with Crippen molar-refractivity contribution < 1.29 is 13.9 Å². The van der Waals surface area contributed by atoms with Gasteiger partial charge in [-0.25, -0.2) is 9.18 Å². The Kier molecular flexibility index (Phi) is 4.09. The molecule has 1 aromatic carbocycles. The third kappa shape index (κ3) is 3.54. The number of carbonyl (C=O) groups is 1. The maximum absolute atomic E-state index is 13.6. The van der Waals surface area contributed by atoms with E-state index in [-0.39, 0.29) is 17.8 Å². The van der Waals surface area contributed by atoms with Gasteiger partial charge in [0.2, 0.25) is 0 Å². The van der Waals surface area contributed by atoms with Gasteiger partial charge in [-0.15, -0.1) is 0 Å². The lowest BCUT2D eigenvalue weighted by Gasteiger charge is -2.40. The van der Waals surface area contributed by atoms with Crippen molar-refractivity contribution in [3.63, 3.8) is 0 Å².